The van der Waals surface area contributed by atoms with E-state index in [-0.39, 0.29) is 29.4 Å². The number of carbonyl (C=O) groups excluding carboxylic acids is 1. The van der Waals surface area contributed by atoms with Gasteiger partial charge in [-0.15, -0.1) is 0 Å². The third-order valence-electron chi connectivity index (χ3n) is 5.27. The fraction of sp³-hybridized carbons (Fsp3) is 0.261. The summed E-state index contributed by atoms with van der Waals surface area (Å²) in [7, 11) is 0. The number of aliphatic hydroxyl groups is 1. The summed E-state index contributed by atoms with van der Waals surface area (Å²) in [6.07, 6.45) is 2.94. The van der Waals surface area contributed by atoms with Gasteiger partial charge in [-0.1, -0.05) is 60.7 Å². The van der Waals surface area contributed by atoms with Crippen LogP contribution in [0, 0.1) is 5.92 Å². The number of cyclic esters (lactones) is 1. The molecule has 2 unspecified atom stereocenters. The Morgan fingerprint density at radius 3 is 2.38 bits per heavy atom. The number of benzene rings is 2. The first-order valence-corrected chi connectivity index (χ1v) is 10.2. The SMILES string of the molecule is O=C1OC(CC(Cc2ccccc2)C2=COCO2)(c2ccccc2)CC(O)=C1Br. The van der Waals surface area contributed by atoms with Gasteiger partial charge < -0.3 is 19.3 Å². The van der Waals surface area contributed by atoms with Crippen molar-refractivity contribution in [3.8, 4) is 0 Å². The third kappa shape index (κ3) is 4.17. The highest BCUT2D eigenvalue weighted by Crippen LogP contribution is 2.45. The molecule has 4 rings (SSSR count). The van der Waals surface area contributed by atoms with E-state index in [1.54, 1.807) is 6.26 Å². The van der Waals surface area contributed by atoms with Crippen molar-refractivity contribution in [2.75, 3.05) is 6.79 Å². The van der Waals surface area contributed by atoms with Crippen molar-refractivity contribution in [2.24, 2.45) is 5.92 Å². The van der Waals surface area contributed by atoms with Crippen molar-refractivity contribution in [1.29, 1.82) is 0 Å². The molecule has 2 aliphatic heterocycles. The van der Waals surface area contributed by atoms with Crippen LogP contribution in [0.15, 0.2) is 82.9 Å². The molecule has 0 aromatic heterocycles. The Balaban J connectivity index is 1.72. The third-order valence-corrected chi connectivity index (χ3v) is 6.05. The number of rotatable bonds is 6. The number of hydrogen-bond acceptors (Lipinski definition) is 5. The van der Waals surface area contributed by atoms with Gasteiger partial charge in [0.2, 0.25) is 6.79 Å². The van der Waals surface area contributed by atoms with Crippen molar-refractivity contribution < 1.29 is 24.1 Å². The maximum absolute atomic E-state index is 12.5. The summed E-state index contributed by atoms with van der Waals surface area (Å²) in [5, 5.41) is 10.5. The molecular weight excluding hydrogens is 436 g/mol. The molecule has 2 heterocycles. The fourth-order valence-corrected chi connectivity index (χ4v) is 4.12. The van der Waals surface area contributed by atoms with Crippen LogP contribution >= 0.6 is 15.9 Å². The van der Waals surface area contributed by atoms with Crippen molar-refractivity contribution >= 4 is 21.9 Å². The maximum atomic E-state index is 12.5. The Bertz CT molecular complexity index is 938. The molecule has 0 aliphatic carbocycles. The second-order valence-electron chi connectivity index (χ2n) is 7.23. The molecule has 0 radical (unpaired) electrons. The lowest BCUT2D eigenvalue weighted by Crippen LogP contribution is -2.39. The summed E-state index contributed by atoms with van der Waals surface area (Å²) in [6.45, 7) is 0.176. The normalized spacial score (nSPS) is 22.4. The molecule has 2 aromatic rings. The number of allylic oxidation sites excluding steroid dienone is 1. The molecule has 2 aromatic carbocycles. The Hall–Kier alpha value is -2.73. The van der Waals surface area contributed by atoms with Crippen LogP contribution < -0.4 is 0 Å². The first kappa shape index (κ1) is 19.6. The van der Waals surface area contributed by atoms with Crippen LogP contribution in [0.2, 0.25) is 0 Å². The number of aliphatic hydroxyl groups excluding tert-OH is 1. The minimum absolute atomic E-state index is 0.0128. The van der Waals surface area contributed by atoms with E-state index in [1.807, 2.05) is 48.5 Å². The second-order valence-corrected chi connectivity index (χ2v) is 8.02. The molecule has 0 bridgehead atoms. The standard InChI is InChI=1S/C23H21BrO5/c24-21-19(25)13-23(29-22(21)26,18-9-5-2-6-10-18)12-17(20-14-27-15-28-20)11-16-7-3-1-4-8-16/h1-10,14,17,25H,11-13,15H2. The van der Waals surface area contributed by atoms with Crippen LogP contribution in [-0.2, 0) is 31.0 Å². The molecular formula is C23H21BrO5. The molecule has 0 spiro atoms. The van der Waals surface area contributed by atoms with E-state index >= 15 is 0 Å². The van der Waals surface area contributed by atoms with Gasteiger partial charge in [0, 0.05) is 12.3 Å². The highest BCUT2D eigenvalue weighted by Gasteiger charge is 2.45. The summed E-state index contributed by atoms with van der Waals surface area (Å²) in [5.74, 6) is 0.0284. The predicted octanol–water partition coefficient (Wildman–Crippen LogP) is 5.09. The van der Waals surface area contributed by atoms with E-state index in [2.05, 4.69) is 28.1 Å². The topological polar surface area (TPSA) is 65.0 Å². The number of esters is 1. The van der Waals surface area contributed by atoms with Crippen molar-refractivity contribution in [3.63, 3.8) is 0 Å². The summed E-state index contributed by atoms with van der Waals surface area (Å²) >= 11 is 3.13. The van der Waals surface area contributed by atoms with E-state index in [1.165, 1.54) is 0 Å². The van der Waals surface area contributed by atoms with Gasteiger partial charge >= 0.3 is 5.97 Å². The monoisotopic (exact) mass is 456 g/mol. The van der Waals surface area contributed by atoms with Crippen LogP contribution in [0.5, 0.6) is 0 Å². The Morgan fingerprint density at radius 1 is 1.07 bits per heavy atom. The minimum Gasteiger partial charge on any atom is -0.511 e. The molecule has 5 nitrogen and oxygen atoms in total. The molecule has 2 aliphatic rings. The van der Waals surface area contributed by atoms with Gasteiger partial charge in [0.05, 0.1) is 6.42 Å². The predicted molar refractivity (Wildman–Crippen MR) is 111 cm³/mol. The summed E-state index contributed by atoms with van der Waals surface area (Å²) < 4.78 is 17.0. The van der Waals surface area contributed by atoms with E-state index in [4.69, 9.17) is 14.2 Å². The molecule has 0 saturated heterocycles. The Morgan fingerprint density at radius 2 is 1.76 bits per heavy atom. The van der Waals surface area contributed by atoms with E-state index < -0.39 is 11.6 Å². The zero-order chi connectivity index (χ0) is 20.3. The number of hydrogen-bond donors (Lipinski definition) is 1. The zero-order valence-electron chi connectivity index (χ0n) is 15.7. The summed E-state index contributed by atoms with van der Waals surface area (Å²) in [6, 6.07) is 19.6. The van der Waals surface area contributed by atoms with Crippen LogP contribution in [-0.4, -0.2) is 17.9 Å². The number of ether oxygens (including phenoxy) is 3. The Labute approximate surface area is 177 Å². The summed E-state index contributed by atoms with van der Waals surface area (Å²) in [4.78, 5) is 12.5. The molecule has 2 atom stereocenters. The first-order chi connectivity index (χ1) is 14.1. The lowest BCUT2D eigenvalue weighted by atomic mass is 9.78. The maximum Gasteiger partial charge on any atom is 0.349 e. The number of halogens is 1. The van der Waals surface area contributed by atoms with E-state index in [0.717, 1.165) is 11.1 Å². The Kier molecular flexibility index (Phi) is 5.62. The lowest BCUT2D eigenvalue weighted by Gasteiger charge is -2.39. The zero-order valence-corrected chi connectivity index (χ0v) is 17.3. The highest BCUT2D eigenvalue weighted by molar-refractivity contribution is 9.12. The molecule has 0 fully saturated rings. The van der Waals surface area contributed by atoms with Gasteiger partial charge in [0.15, 0.2) is 0 Å². The molecule has 150 valence electrons. The van der Waals surface area contributed by atoms with Crippen LogP contribution in [0.3, 0.4) is 0 Å². The first-order valence-electron chi connectivity index (χ1n) is 9.42. The molecule has 0 amide bonds. The average Bonchev–Trinajstić information content (AvgIpc) is 3.28. The van der Waals surface area contributed by atoms with Crippen molar-refractivity contribution in [3.05, 3.63) is 94.1 Å². The minimum atomic E-state index is -1.01. The van der Waals surface area contributed by atoms with Gasteiger partial charge in [-0.25, -0.2) is 4.79 Å². The van der Waals surface area contributed by atoms with Crippen LogP contribution in [0.1, 0.15) is 24.0 Å². The average molecular weight is 457 g/mol. The molecule has 1 N–H and O–H groups in total. The van der Waals surface area contributed by atoms with E-state index in [0.29, 0.717) is 18.6 Å². The lowest BCUT2D eigenvalue weighted by molar-refractivity contribution is -0.161. The smallest absolute Gasteiger partial charge is 0.349 e. The van der Waals surface area contributed by atoms with Gasteiger partial charge in [0.1, 0.15) is 27.9 Å². The fourth-order valence-electron chi connectivity index (χ4n) is 3.90. The van der Waals surface area contributed by atoms with Gasteiger partial charge in [0.25, 0.3) is 0 Å². The molecule has 29 heavy (non-hydrogen) atoms. The largest absolute Gasteiger partial charge is 0.511 e. The summed E-state index contributed by atoms with van der Waals surface area (Å²) in [5.41, 5.74) is 0.962. The molecule has 6 heteroatoms. The highest BCUT2D eigenvalue weighted by atomic mass is 79.9. The van der Waals surface area contributed by atoms with Crippen molar-refractivity contribution in [1.82, 2.24) is 0 Å². The van der Waals surface area contributed by atoms with Crippen LogP contribution in [0.4, 0.5) is 0 Å². The quantitative estimate of drug-likeness (QED) is 0.613. The second kappa shape index (κ2) is 8.33. The van der Waals surface area contributed by atoms with Gasteiger partial charge in [-0.2, -0.15) is 0 Å². The number of carbonyl (C=O) groups is 1. The van der Waals surface area contributed by atoms with Gasteiger partial charge in [-0.05, 0) is 33.5 Å². The van der Waals surface area contributed by atoms with Gasteiger partial charge in [-0.3, -0.25) is 0 Å². The van der Waals surface area contributed by atoms with Crippen molar-refractivity contribution in [2.45, 2.75) is 24.9 Å². The van der Waals surface area contributed by atoms with E-state index in [9.17, 15) is 9.90 Å². The van der Waals surface area contributed by atoms with Crippen LogP contribution in [0.25, 0.3) is 0 Å². The molecule has 0 saturated carbocycles.